The van der Waals surface area contributed by atoms with Crippen molar-refractivity contribution >= 4 is 17.7 Å². The lowest BCUT2D eigenvalue weighted by atomic mass is 10.2. The third-order valence-electron chi connectivity index (χ3n) is 2.09. The van der Waals surface area contributed by atoms with Crippen LogP contribution in [0, 0.1) is 0 Å². The molecule has 6 heteroatoms. The Balaban J connectivity index is 3.37. The second-order valence-electron chi connectivity index (χ2n) is 3.85. The Hall–Kier alpha value is -1.69. The monoisotopic (exact) mass is 256 g/mol. The minimum atomic E-state index is -1.11. The fourth-order valence-corrected chi connectivity index (χ4v) is 1.18. The highest BCUT2D eigenvalue weighted by Crippen LogP contribution is 1.88. The lowest BCUT2D eigenvalue weighted by Crippen LogP contribution is -2.25. The molecule has 0 fully saturated rings. The molecular weight excluding hydrogens is 236 g/mol. The summed E-state index contributed by atoms with van der Waals surface area (Å²) in [6.07, 6.45) is 3.54. The molecule has 0 aromatic heterocycles. The van der Waals surface area contributed by atoms with Gasteiger partial charge in [0, 0.05) is 38.9 Å². The van der Waals surface area contributed by atoms with E-state index in [1.807, 2.05) is 6.08 Å². The van der Waals surface area contributed by atoms with E-state index in [1.165, 1.54) is 6.92 Å². The van der Waals surface area contributed by atoms with Gasteiger partial charge >= 0.3 is 6.09 Å². The normalized spacial score (nSPS) is 10.5. The molecule has 18 heavy (non-hydrogen) atoms. The molecule has 102 valence electrons. The van der Waals surface area contributed by atoms with Crippen LogP contribution >= 0.6 is 0 Å². The van der Waals surface area contributed by atoms with Crippen LogP contribution in [0.15, 0.2) is 12.2 Å². The molecule has 0 heterocycles. The molecule has 0 aliphatic rings. The van der Waals surface area contributed by atoms with Crippen LogP contribution in [0.25, 0.3) is 0 Å². The molecule has 0 atom stereocenters. The standard InChI is InChI=1S/C12H20N2O4/c1-10(15)4-2-3-7-13-8-5-11(16)6-9-14-12(17)18/h2-3,13-14H,4-9H2,1H3,(H,17,18)/b3-2+. The first-order valence-electron chi connectivity index (χ1n) is 5.86. The van der Waals surface area contributed by atoms with Crippen LogP contribution in [0.3, 0.4) is 0 Å². The van der Waals surface area contributed by atoms with Gasteiger partial charge in [-0.1, -0.05) is 12.2 Å². The minimum Gasteiger partial charge on any atom is -0.465 e. The highest BCUT2D eigenvalue weighted by atomic mass is 16.4. The number of carbonyl (C=O) groups is 3. The maximum atomic E-state index is 11.3. The molecule has 1 amide bonds. The summed E-state index contributed by atoms with van der Waals surface area (Å²) in [4.78, 5) is 32.0. The van der Waals surface area contributed by atoms with Gasteiger partial charge in [0.05, 0.1) is 0 Å². The number of hydrogen-bond acceptors (Lipinski definition) is 4. The third kappa shape index (κ3) is 12.4. The summed E-state index contributed by atoms with van der Waals surface area (Å²) in [5.41, 5.74) is 0. The highest BCUT2D eigenvalue weighted by molar-refractivity contribution is 5.79. The molecule has 6 nitrogen and oxygen atoms in total. The van der Waals surface area contributed by atoms with Crippen LogP contribution in [0.4, 0.5) is 4.79 Å². The smallest absolute Gasteiger partial charge is 0.404 e. The Labute approximate surface area is 106 Å². The second-order valence-corrected chi connectivity index (χ2v) is 3.85. The molecule has 0 radical (unpaired) electrons. The van der Waals surface area contributed by atoms with Gasteiger partial charge in [-0.05, 0) is 6.92 Å². The fourth-order valence-electron chi connectivity index (χ4n) is 1.18. The van der Waals surface area contributed by atoms with Crippen molar-refractivity contribution in [2.45, 2.75) is 26.2 Å². The van der Waals surface area contributed by atoms with Gasteiger partial charge in [-0.3, -0.25) is 9.59 Å². The van der Waals surface area contributed by atoms with Crippen LogP contribution in [-0.2, 0) is 9.59 Å². The Morgan fingerprint density at radius 2 is 1.78 bits per heavy atom. The third-order valence-corrected chi connectivity index (χ3v) is 2.09. The zero-order valence-electron chi connectivity index (χ0n) is 10.6. The Morgan fingerprint density at radius 3 is 2.39 bits per heavy atom. The Kier molecular flexibility index (Phi) is 9.48. The summed E-state index contributed by atoms with van der Waals surface area (Å²) in [6, 6.07) is 0. The van der Waals surface area contributed by atoms with E-state index in [9.17, 15) is 14.4 Å². The van der Waals surface area contributed by atoms with Gasteiger partial charge in [0.2, 0.25) is 0 Å². The van der Waals surface area contributed by atoms with Crippen molar-refractivity contribution in [3.8, 4) is 0 Å². The largest absolute Gasteiger partial charge is 0.465 e. The number of allylic oxidation sites excluding steroid dienone is 1. The van der Waals surface area contributed by atoms with Crippen molar-refractivity contribution in [1.82, 2.24) is 10.6 Å². The van der Waals surface area contributed by atoms with Gasteiger partial charge in [0.1, 0.15) is 11.6 Å². The summed E-state index contributed by atoms with van der Waals surface area (Å²) in [5.74, 6) is 0.135. The number of nitrogens with one attached hydrogen (secondary N) is 2. The van der Waals surface area contributed by atoms with E-state index in [1.54, 1.807) is 6.08 Å². The fraction of sp³-hybridized carbons (Fsp3) is 0.583. The molecule has 0 unspecified atom stereocenters. The molecule has 0 aliphatic carbocycles. The zero-order valence-corrected chi connectivity index (χ0v) is 10.6. The Morgan fingerprint density at radius 1 is 1.11 bits per heavy atom. The molecule has 0 aliphatic heterocycles. The van der Waals surface area contributed by atoms with Crippen LogP contribution in [0.5, 0.6) is 0 Å². The molecule has 0 spiro atoms. The minimum absolute atomic E-state index is 0.0176. The number of ketones is 2. The van der Waals surface area contributed by atoms with Crippen molar-refractivity contribution in [3.63, 3.8) is 0 Å². The summed E-state index contributed by atoms with van der Waals surface area (Å²) in [5, 5.41) is 13.5. The average molecular weight is 256 g/mol. The number of carbonyl (C=O) groups excluding carboxylic acids is 2. The lowest BCUT2D eigenvalue weighted by molar-refractivity contribution is -0.119. The molecule has 0 bridgehead atoms. The lowest BCUT2D eigenvalue weighted by Gasteiger charge is -2.02. The quantitative estimate of drug-likeness (QED) is 0.395. The van der Waals surface area contributed by atoms with Gasteiger partial charge in [0.25, 0.3) is 0 Å². The number of rotatable bonds is 10. The van der Waals surface area contributed by atoms with Gasteiger partial charge in [0.15, 0.2) is 0 Å². The van der Waals surface area contributed by atoms with Gasteiger partial charge in [-0.25, -0.2) is 4.79 Å². The van der Waals surface area contributed by atoms with E-state index in [0.29, 0.717) is 25.9 Å². The highest BCUT2D eigenvalue weighted by Gasteiger charge is 2.02. The molecule has 0 aromatic rings. The SMILES string of the molecule is CC(=O)C/C=C/CNCCC(=O)CCNC(=O)O. The second kappa shape index (κ2) is 10.5. The van der Waals surface area contributed by atoms with Crippen LogP contribution in [-0.4, -0.2) is 42.4 Å². The summed E-state index contributed by atoms with van der Waals surface area (Å²) in [6.45, 7) is 2.86. The van der Waals surface area contributed by atoms with Crippen LogP contribution in [0.1, 0.15) is 26.2 Å². The van der Waals surface area contributed by atoms with E-state index in [-0.39, 0.29) is 24.5 Å². The van der Waals surface area contributed by atoms with Crippen molar-refractivity contribution in [3.05, 3.63) is 12.2 Å². The Bertz CT molecular complexity index is 313. The molecule has 0 aromatic carbocycles. The number of Topliss-reactive ketones (excluding diaryl/α,β-unsaturated/α-hetero) is 2. The molecular formula is C12H20N2O4. The first-order chi connectivity index (χ1) is 8.52. The molecule has 3 N–H and O–H groups in total. The van der Waals surface area contributed by atoms with Crippen molar-refractivity contribution in [2.75, 3.05) is 19.6 Å². The topological polar surface area (TPSA) is 95.5 Å². The van der Waals surface area contributed by atoms with E-state index in [2.05, 4.69) is 10.6 Å². The van der Waals surface area contributed by atoms with Crippen molar-refractivity contribution in [1.29, 1.82) is 0 Å². The number of carboxylic acid groups (broad SMARTS) is 1. The summed E-state index contributed by atoms with van der Waals surface area (Å²) in [7, 11) is 0. The van der Waals surface area contributed by atoms with Crippen LogP contribution in [0.2, 0.25) is 0 Å². The summed E-state index contributed by atoms with van der Waals surface area (Å²) < 4.78 is 0. The molecule has 0 rings (SSSR count). The van der Waals surface area contributed by atoms with Gasteiger partial charge in [-0.15, -0.1) is 0 Å². The predicted molar refractivity (Wildman–Crippen MR) is 67.6 cm³/mol. The van der Waals surface area contributed by atoms with Gasteiger partial charge in [-0.2, -0.15) is 0 Å². The number of hydrogen-bond donors (Lipinski definition) is 3. The molecule has 0 saturated carbocycles. The maximum absolute atomic E-state index is 11.3. The summed E-state index contributed by atoms with van der Waals surface area (Å²) >= 11 is 0. The zero-order chi connectivity index (χ0) is 13.8. The van der Waals surface area contributed by atoms with Gasteiger partial charge < -0.3 is 15.7 Å². The van der Waals surface area contributed by atoms with E-state index < -0.39 is 6.09 Å². The van der Waals surface area contributed by atoms with E-state index in [0.717, 1.165) is 0 Å². The van der Waals surface area contributed by atoms with Crippen molar-refractivity contribution < 1.29 is 19.5 Å². The maximum Gasteiger partial charge on any atom is 0.404 e. The number of amides is 1. The predicted octanol–water partition coefficient (Wildman–Crippen LogP) is 0.728. The molecule has 0 saturated heterocycles. The van der Waals surface area contributed by atoms with Crippen LogP contribution < -0.4 is 10.6 Å². The average Bonchev–Trinajstić information content (AvgIpc) is 2.26. The first-order valence-corrected chi connectivity index (χ1v) is 5.86. The van der Waals surface area contributed by atoms with Crippen molar-refractivity contribution in [2.24, 2.45) is 0 Å². The van der Waals surface area contributed by atoms with E-state index >= 15 is 0 Å². The van der Waals surface area contributed by atoms with E-state index in [4.69, 9.17) is 5.11 Å². The first kappa shape index (κ1) is 16.3.